The number of piperidine rings is 1. The van der Waals surface area contributed by atoms with Crippen molar-refractivity contribution in [3.05, 3.63) is 35.4 Å². The maximum absolute atomic E-state index is 12.7. The Morgan fingerprint density at radius 3 is 2.62 bits per heavy atom. The standard InChI is InChI=1S/C20H28N2O4/c1-13(2)15-6-4-5-7-16(15)20(19(21)24)8-9-22(17(10-20)14(3)23)18-11-25-12-26-18/h4-7,13,17-18H,8-12H2,1-3H3,(H2,21,24). The van der Waals surface area contributed by atoms with Crippen LogP contribution in [0.15, 0.2) is 24.3 Å². The zero-order chi connectivity index (χ0) is 18.9. The molecule has 142 valence electrons. The molecule has 0 saturated carbocycles. The summed E-state index contributed by atoms with van der Waals surface area (Å²) in [6.07, 6.45) is 0.701. The van der Waals surface area contributed by atoms with Crippen LogP contribution in [0.1, 0.15) is 50.7 Å². The van der Waals surface area contributed by atoms with E-state index in [9.17, 15) is 9.59 Å². The Hall–Kier alpha value is -1.76. The van der Waals surface area contributed by atoms with Crippen molar-refractivity contribution >= 4 is 11.7 Å². The zero-order valence-electron chi connectivity index (χ0n) is 15.7. The van der Waals surface area contributed by atoms with E-state index in [1.807, 2.05) is 29.2 Å². The molecule has 0 aromatic heterocycles. The third-order valence-electron chi connectivity index (χ3n) is 5.75. The largest absolute Gasteiger partial charge is 0.369 e. The number of amides is 1. The van der Waals surface area contributed by atoms with E-state index in [2.05, 4.69) is 13.8 Å². The predicted octanol–water partition coefficient (Wildman–Crippen LogP) is 1.92. The smallest absolute Gasteiger partial charge is 0.228 e. The van der Waals surface area contributed by atoms with Gasteiger partial charge in [-0.25, -0.2) is 0 Å². The second kappa shape index (κ2) is 7.47. The van der Waals surface area contributed by atoms with E-state index in [0.29, 0.717) is 26.0 Å². The third kappa shape index (κ3) is 3.29. The van der Waals surface area contributed by atoms with Gasteiger partial charge in [-0.15, -0.1) is 0 Å². The van der Waals surface area contributed by atoms with Gasteiger partial charge < -0.3 is 15.2 Å². The molecule has 3 rings (SSSR count). The van der Waals surface area contributed by atoms with Crippen LogP contribution >= 0.6 is 0 Å². The highest BCUT2D eigenvalue weighted by molar-refractivity contribution is 5.90. The molecule has 6 heteroatoms. The van der Waals surface area contributed by atoms with Crippen LogP contribution < -0.4 is 5.73 Å². The number of primary amides is 1. The Bertz CT molecular complexity index is 684. The van der Waals surface area contributed by atoms with E-state index in [4.69, 9.17) is 15.2 Å². The van der Waals surface area contributed by atoms with Gasteiger partial charge in [0, 0.05) is 6.54 Å². The lowest BCUT2D eigenvalue weighted by Gasteiger charge is -2.46. The van der Waals surface area contributed by atoms with Crippen LogP contribution in [0.25, 0.3) is 0 Å². The first kappa shape index (κ1) is 19.0. The second-order valence-electron chi connectivity index (χ2n) is 7.62. The first-order chi connectivity index (χ1) is 12.4. The maximum Gasteiger partial charge on any atom is 0.228 e. The Morgan fingerprint density at radius 1 is 1.31 bits per heavy atom. The number of hydrogen-bond acceptors (Lipinski definition) is 5. The molecule has 1 aromatic carbocycles. The molecular weight excluding hydrogens is 332 g/mol. The van der Waals surface area contributed by atoms with Crippen molar-refractivity contribution in [1.29, 1.82) is 0 Å². The van der Waals surface area contributed by atoms with Crippen LogP contribution in [0.2, 0.25) is 0 Å². The van der Waals surface area contributed by atoms with E-state index in [-0.39, 0.29) is 30.6 Å². The first-order valence-corrected chi connectivity index (χ1v) is 9.21. The number of rotatable bonds is 5. The lowest BCUT2D eigenvalue weighted by molar-refractivity contribution is -0.138. The van der Waals surface area contributed by atoms with Crippen molar-refractivity contribution < 1.29 is 19.1 Å². The number of carbonyl (C=O) groups is 2. The quantitative estimate of drug-likeness (QED) is 0.867. The molecule has 6 nitrogen and oxygen atoms in total. The average molecular weight is 360 g/mol. The number of benzene rings is 1. The molecule has 2 aliphatic heterocycles. The molecule has 2 saturated heterocycles. The first-order valence-electron chi connectivity index (χ1n) is 9.21. The molecule has 1 aromatic rings. The summed E-state index contributed by atoms with van der Waals surface area (Å²) in [4.78, 5) is 27.1. The van der Waals surface area contributed by atoms with E-state index in [1.54, 1.807) is 6.92 Å². The van der Waals surface area contributed by atoms with Gasteiger partial charge >= 0.3 is 0 Å². The predicted molar refractivity (Wildman–Crippen MR) is 97.5 cm³/mol. The summed E-state index contributed by atoms with van der Waals surface area (Å²) in [7, 11) is 0. The fourth-order valence-electron chi connectivity index (χ4n) is 4.30. The van der Waals surface area contributed by atoms with Gasteiger partial charge in [0.05, 0.1) is 18.1 Å². The summed E-state index contributed by atoms with van der Waals surface area (Å²) in [5.41, 5.74) is 7.17. The molecule has 3 unspecified atom stereocenters. The summed E-state index contributed by atoms with van der Waals surface area (Å²) < 4.78 is 10.9. The molecule has 2 aliphatic rings. The number of Topliss-reactive ketones (excluding diaryl/α,β-unsaturated/α-hetero) is 1. The zero-order valence-corrected chi connectivity index (χ0v) is 15.7. The van der Waals surface area contributed by atoms with Crippen molar-refractivity contribution in [2.75, 3.05) is 19.9 Å². The highest BCUT2D eigenvalue weighted by atomic mass is 16.7. The molecule has 1 amide bonds. The second-order valence-corrected chi connectivity index (χ2v) is 7.62. The van der Waals surface area contributed by atoms with Gasteiger partial charge in [-0.1, -0.05) is 38.1 Å². The molecule has 0 spiro atoms. The highest BCUT2D eigenvalue weighted by Crippen LogP contribution is 2.42. The fraction of sp³-hybridized carbons (Fsp3) is 0.600. The van der Waals surface area contributed by atoms with E-state index in [0.717, 1.165) is 11.1 Å². The fourth-order valence-corrected chi connectivity index (χ4v) is 4.30. The van der Waals surface area contributed by atoms with Crippen molar-refractivity contribution in [3.8, 4) is 0 Å². The number of carbonyl (C=O) groups excluding carboxylic acids is 2. The number of hydrogen-bond donors (Lipinski definition) is 1. The van der Waals surface area contributed by atoms with Crippen molar-refractivity contribution in [3.63, 3.8) is 0 Å². The molecule has 2 N–H and O–H groups in total. The molecule has 0 radical (unpaired) electrons. The van der Waals surface area contributed by atoms with Crippen LogP contribution in [0.3, 0.4) is 0 Å². The maximum atomic E-state index is 12.7. The van der Waals surface area contributed by atoms with Crippen molar-refractivity contribution in [1.82, 2.24) is 4.90 Å². The Morgan fingerprint density at radius 2 is 2.04 bits per heavy atom. The Labute approximate surface area is 154 Å². The molecular formula is C20H28N2O4. The Balaban J connectivity index is 2.01. The van der Waals surface area contributed by atoms with Crippen molar-refractivity contribution in [2.24, 2.45) is 5.73 Å². The molecule has 0 aliphatic carbocycles. The lowest BCUT2D eigenvalue weighted by Crippen LogP contribution is -2.59. The van der Waals surface area contributed by atoms with Crippen molar-refractivity contribution in [2.45, 2.75) is 57.2 Å². The number of nitrogens with zero attached hydrogens (tertiary/aromatic N) is 1. The minimum atomic E-state index is -0.840. The normalized spacial score (nSPS) is 29.8. The lowest BCUT2D eigenvalue weighted by atomic mass is 9.67. The Kier molecular flexibility index (Phi) is 5.46. The number of ether oxygens (including phenoxy) is 2. The summed E-state index contributed by atoms with van der Waals surface area (Å²) in [5.74, 6) is -0.0734. The van der Waals surface area contributed by atoms with Crippen LogP contribution in [-0.4, -0.2) is 48.8 Å². The van der Waals surface area contributed by atoms with Gasteiger partial charge in [-0.3, -0.25) is 14.5 Å². The molecule has 2 fully saturated rings. The average Bonchev–Trinajstić information content (AvgIpc) is 3.15. The monoisotopic (exact) mass is 360 g/mol. The number of ketones is 1. The number of nitrogens with two attached hydrogens (primary N) is 1. The third-order valence-corrected chi connectivity index (χ3v) is 5.75. The minimum absolute atomic E-state index is 0.0212. The van der Waals surface area contributed by atoms with Crippen LogP contribution in [0, 0.1) is 0 Å². The summed E-state index contributed by atoms with van der Waals surface area (Å²) in [5, 5.41) is 0. The molecule has 2 heterocycles. The van der Waals surface area contributed by atoms with E-state index < -0.39 is 11.5 Å². The van der Waals surface area contributed by atoms with Crippen LogP contribution in [0.5, 0.6) is 0 Å². The van der Waals surface area contributed by atoms with Crippen LogP contribution in [0.4, 0.5) is 0 Å². The van der Waals surface area contributed by atoms with Gasteiger partial charge in [0.15, 0.2) is 0 Å². The van der Waals surface area contributed by atoms with E-state index in [1.165, 1.54) is 0 Å². The van der Waals surface area contributed by atoms with Crippen LogP contribution in [-0.2, 0) is 24.5 Å². The highest BCUT2D eigenvalue weighted by Gasteiger charge is 2.49. The summed E-state index contributed by atoms with van der Waals surface area (Å²) >= 11 is 0. The summed E-state index contributed by atoms with van der Waals surface area (Å²) in [6.45, 7) is 7.02. The molecule has 26 heavy (non-hydrogen) atoms. The topological polar surface area (TPSA) is 81.9 Å². The van der Waals surface area contributed by atoms with Gasteiger partial charge in [-0.2, -0.15) is 0 Å². The SMILES string of the molecule is CC(=O)C1CC(C(N)=O)(c2ccccc2C(C)C)CCN1C1COCO1. The van der Waals surface area contributed by atoms with Gasteiger partial charge in [0.1, 0.15) is 18.8 Å². The van der Waals surface area contributed by atoms with Gasteiger partial charge in [-0.05, 0) is 36.8 Å². The van der Waals surface area contributed by atoms with E-state index >= 15 is 0 Å². The molecule has 3 atom stereocenters. The summed E-state index contributed by atoms with van der Waals surface area (Å²) in [6, 6.07) is 7.54. The minimum Gasteiger partial charge on any atom is -0.369 e. The number of likely N-dealkylation sites (tertiary alicyclic amines) is 1. The van der Waals surface area contributed by atoms with Gasteiger partial charge in [0.2, 0.25) is 5.91 Å². The molecule has 0 bridgehead atoms. The van der Waals surface area contributed by atoms with Gasteiger partial charge in [0.25, 0.3) is 0 Å².